The minimum absolute atomic E-state index is 0.467. The molecule has 1 fully saturated rings. The Hall–Kier alpha value is -3.38. The van der Waals surface area contributed by atoms with Crippen LogP contribution in [0.25, 0.3) is 22.2 Å². The van der Waals surface area contributed by atoms with E-state index in [9.17, 15) is 0 Å². The molecule has 0 spiro atoms. The van der Waals surface area contributed by atoms with Crippen molar-refractivity contribution in [2.75, 3.05) is 20.2 Å². The summed E-state index contributed by atoms with van der Waals surface area (Å²) in [6.45, 7) is 7.08. The van der Waals surface area contributed by atoms with Crippen LogP contribution in [0.2, 0.25) is 0 Å². The monoisotopic (exact) mass is 439 g/mol. The molecule has 0 amide bonds. The number of methoxy groups -OCH3 is 1. The van der Waals surface area contributed by atoms with Gasteiger partial charge < -0.3 is 4.74 Å². The Balaban J connectivity index is 1.27. The molecular formula is C27H29N5O. The maximum absolute atomic E-state index is 5.57. The second-order valence-corrected chi connectivity index (χ2v) is 8.84. The molecule has 1 aliphatic heterocycles. The largest absolute Gasteiger partial charge is 0.496 e. The number of piperidine rings is 1. The van der Waals surface area contributed by atoms with Crippen molar-refractivity contribution in [2.45, 2.75) is 39.2 Å². The van der Waals surface area contributed by atoms with E-state index in [1.54, 1.807) is 19.5 Å². The first-order valence-corrected chi connectivity index (χ1v) is 11.5. The standard InChI is InChI=1S/C27H29N5O/c1-18-15-29-25(19(2)26(18)33-3)17-32-12-8-21(9-13-32)24-5-4-22-14-23(16-30-27(22)31-24)20-6-10-28-11-7-20/h4-7,10-11,14-16,21H,8-9,12-13,17H2,1-3H3. The van der Waals surface area contributed by atoms with Crippen molar-refractivity contribution in [3.8, 4) is 16.9 Å². The van der Waals surface area contributed by atoms with Gasteiger partial charge in [0.2, 0.25) is 0 Å². The number of rotatable bonds is 5. The quantitative estimate of drug-likeness (QED) is 0.431. The molecule has 0 aromatic carbocycles. The summed E-state index contributed by atoms with van der Waals surface area (Å²) in [7, 11) is 1.73. The molecule has 6 heteroatoms. The molecule has 33 heavy (non-hydrogen) atoms. The number of aryl methyl sites for hydroxylation is 1. The van der Waals surface area contributed by atoms with Crippen LogP contribution in [0.4, 0.5) is 0 Å². The van der Waals surface area contributed by atoms with Gasteiger partial charge in [0, 0.05) is 65.0 Å². The van der Waals surface area contributed by atoms with Crippen LogP contribution in [0, 0.1) is 13.8 Å². The van der Waals surface area contributed by atoms with Gasteiger partial charge in [-0.2, -0.15) is 0 Å². The molecule has 5 rings (SSSR count). The molecule has 0 unspecified atom stereocenters. The number of hydrogen-bond acceptors (Lipinski definition) is 6. The third-order valence-corrected chi connectivity index (χ3v) is 6.71. The molecule has 5 heterocycles. The SMILES string of the molecule is COc1c(C)cnc(CN2CCC(c3ccc4cc(-c5ccncc5)cnc4n3)CC2)c1C. The van der Waals surface area contributed by atoms with Crippen molar-refractivity contribution in [3.05, 3.63) is 77.6 Å². The van der Waals surface area contributed by atoms with E-state index in [0.29, 0.717) is 5.92 Å². The van der Waals surface area contributed by atoms with Gasteiger partial charge in [-0.25, -0.2) is 9.97 Å². The number of aromatic nitrogens is 4. The van der Waals surface area contributed by atoms with Gasteiger partial charge in [-0.05, 0) is 75.7 Å². The number of likely N-dealkylation sites (tertiary alicyclic amines) is 1. The van der Waals surface area contributed by atoms with Crippen molar-refractivity contribution in [2.24, 2.45) is 0 Å². The highest BCUT2D eigenvalue weighted by Gasteiger charge is 2.23. The highest BCUT2D eigenvalue weighted by molar-refractivity contribution is 5.80. The average Bonchev–Trinajstić information content (AvgIpc) is 2.86. The summed E-state index contributed by atoms with van der Waals surface area (Å²) >= 11 is 0. The van der Waals surface area contributed by atoms with Crippen molar-refractivity contribution in [3.63, 3.8) is 0 Å². The summed E-state index contributed by atoms with van der Waals surface area (Å²) in [4.78, 5) is 20.8. The molecule has 168 valence electrons. The summed E-state index contributed by atoms with van der Waals surface area (Å²) < 4.78 is 5.57. The summed E-state index contributed by atoms with van der Waals surface area (Å²) in [5.74, 6) is 1.42. The van der Waals surface area contributed by atoms with Crippen molar-refractivity contribution >= 4 is 11.0 Å². The van der Waals surface area contributed by atoms with Crippen molar-refractivity contribution < 1.29 is 4.74 Å². The summed E-state index contributed by atoms with van der Waals surface area (Å²) in [5, 5.41) is 1.07. The number of nitrogens with zero attached hydrogens (tertiary/aromatic N) is 5. The lowest BCUT2D eigenvalue weighted by molar-refractivity contribution is 0.200. The highest BCUT2D eigenvalue weighted by atomic mass is 16.5. The summed E-state index contributed by atoms with van der Waals surface area (Å²) in [5.41, 5.74) is 7.51. The third kappa shape index (κ3) is 4.44. The van der Waals surface area contributed by atoms with Gasteiger partial charge in [-0.15, -0.1) is 0 Å². The zero-order chi connectivity index (χ0) is 22.8. The summed E-state index contributed by atoms with van der Waals surface area (Å²) in [6, 6.07) is 10.5. The van der Waals surface area contributed by atoms with Crippen LogP contribution >= 0.6 is 0 Å². The fourth-order valence-electron chi connectivity index (χ4n) is 4.78. The lowest BCUT2D eigenvalue weighted by Gasteiger charge is -2.32. The first-order chi connectivity index (χ1) is 16.1. The molecule has 1 saturated heterocycles. The van der Waals surface area contributed by atoms with Crippen molar-refractivity contribution in [1.82, 2.24) is 24.8 Å². The van der Waals surface area contributed by atoms with Crippen LogP contribution in [0.1, 0.15) is 41.3 Å². The van der Waals surface area contributed by atoms with E-state index in [4.69, 9.17) is 9.72 Å². The van der Waals surface area contributed by atoms with Gasteiger partial charge in [0.05, 0.1) is 12.8 Å². The zero-order valence-corrected chi connectivity index (χ0v) is 19.5. The highest BCUT2D eigenvalue weighted by Crippen LogP contribution is 2.31. The molecule has 0 N–H and O–H groups in total. The molecule has 0 aliphatic carbocycles. The molecular weight excluding hydrogens is 410 g/mol. The fourth-order valence-corrected chi connectivity index (χ4v) is 4.78. The number of fused-ring (bicyclic) bond motifs is 1. The first kappa shape index (κ1) is 21.5. The first-order valence-electron chi connectivity index (χ1n) is 11.5. The van der Waals surface area contributed by atoms with Gasteiger partial charge in [-0.3, -0.25) is 14.9 Å². The van der Waals surface area contributed by atoms with Gasteiger partial charge in [-0.1, -0.05) is 0 Å². The van der Waals surface area contributed by atoms with Gasteiger partial charge in [0.1, 0.15) is 5.75 Å². The Bertz CT molecular complexity index is 1270. The molecule has 1 aliphatic rings. The van der Waals surface area contributed by atoms with E-state index >= 15 is 0 Å². The van der Waals surface area contributed by atoms with E-state index in [0.717, 1.165) is 82.9 Å². The Labute approximate surface area is 194 Å². The predicted octanol–water partition coefficient (Wildman–Crippen LogP) is 5.09. The van der Waals surface area contributed by atoms with Gasteiger partial charge >= 0.3 is 0 Å². The minimum Gasteiger partial charge on any atom is -0.496 e. The number of pyridine rings is 4. The predicted molar refractivity (Wildman–Crippen MR) is 130 cm³/mol. The maximum Gasteiger partial charge on any atom is 0.159 e. The topological polar surface area (TPSA) is 64.0 Å². The lowest BCUT2D eigenvalue weighted by Crippen LogP contribution is -2.33. The lowest BCUT2D eigenvalue weighted by atomic mass is 9.92. The van der Waals surface area contributed by atoms with Gasteiger partial charge in [0.15, 0.2) is 5.65 Å². The van der Waals surface area contributed by atoms with Crippen LogP contribution in [-0.4, -0.2) is 45.0 Å². The molecule has 0 radical (unpaired) electrons. The molecule has 0 atom stereocenters. The molecule has 0 bridgehead atoms. The molecule has 0 saturated carbocycles. The number of ether oxygens (including phenoxy) is 1. The maximum atomic E-state index is 5.57. The van der Waals surface area contributed by atoms with Crippen LogP contribution in [0.15, 0.2) is 55.1 Å². The Morgan fingerprint density at radius 2 is 1.76 bits per heavy atom. The van der Waals surface area contributed by atoms with E-state index in [2.05, 4.69) is 45.0 Å². The Kier molecular flexibility index (Phi) is 6.01. The zero-order valence-electron chi connectivity index (χ0n) is 19.5. The third-order valence-electron chi connectivity index (χ3n) is 6.71. The Morgan fingerprint density at radius 3 is 2.52 bits per heavy atom. The van der Waals surface area contributed by atoms with E-state index in [-0.39, 0.29) is 0 Å². The fraction of sp³-hybridized carbons (Fsp3) is 0.333. The van der Waals surface area contributed by atoms with Gasteiger partial charge in [0.25, 0.3) is 0 Å². The molecule has 4 aromatic heterocycles. The molecule has 4 aromatic rings. The smallest absolute Gasteiger partial charge is 0.159 e. The molecule has 6 nitrogen and oxygen atoms in total. The van der Waals surface area contributed by atoms with E-state index < -0.39 is 0 Å². The van der Waals surface area contributed by atoms with Crippen LogP contribution in [0.3, 0.4) is 0 Å². The average molecular weight is 440 g/mol. The van der Waals surface area contributed by atoms with E-state index in [1.807, 2.05) is 31.5 Å². The van der Waals surface area contributed by atoms with Crippen LogP contribution in [0.5, 0.6) is 5.75 Å². The summed E-state index contributed by atoms with van der Waals surface area (Å²) in [6.07, 6.45) is 9.62. The minimum atomic E-state index is 0.467. The Morgan fingerprint density at radius 1 is 0.970 bits per heavy atom. The van der Waals surface area contributed by atoms with Crippen molar-refractivity contribution in [1.29, 1.82) is 0 Å². The second-order valence-electron chi connectivity index (χ2n) is 8.84. The second kappa shape index (κ2) is 9.24. The van der Waals surface area contributed by atoms with E-state index in [1.165, 1.54) is 0 Å². The van der Waals surface area contributed by atoms with Crippen LogP contribution in [-0.2, 0) is 6.54 Å². The van der Waals surface area contributed by atoms with Crippen LogP contribution < -0.4 is 4.74 Å². The number of hydrogen-bond donors (Lipinski definition) is 0. The normalized spacial score (nSPS) is 15.1.